The first-order valence-electron chi connectivity index (χ1n) is 8.26. The molecule has 2 rings (SSSR count). The summed E-state index contributed by atoms with van der Waals surface area (Å²) in [5, 5.41) is 2.70. The highest BCUT2D eigenvalue weighted by Crippen LogP contribution is 2.12. The monoisotopic (exact) mass is 364 g/mol. The van der Waals surface area contributed by atoms with Gasteiger partial charge in [-0.2, -0.15) is 0 Å². The SMILES string of the molecule is CCc1ccccc1CS(=O)(=O)NCC(=O)NCCCn1ccnc1. The molecule has 1 aromatic carbocycles. The van der Waals surface area contributed by atoms with Crippen molar-refractivity contribution in [2.45, 2.75) is 32.1 Å². The molecule has 0 fully saturated rings. The van der Waals surface area contributed by atoms with Crippen LogP contribution in [0.4, 0.5) is 0 Å². The predicted molar refractivity (Wildman–Crippen MR) is 96.3 cm³/mol. The zero-order valence-electron chi connectivity index (χ0n) is 14.3. The van der Waals surface area contributed by atoms with Crippen molar-refractivity contribution in [2.24, 2.45) is 0 Å². The van der Waals surface area contributed by atoms with Crippen LogP contribution in [0.3, 0.4) is 0 Å². The van der Waals surface area contributed by atoms with Crippen molar-refractivity contribution in [1.82, 2.24) is 19.6 Å². The maximum Gasteiger partial charge on any atom is 0.235 e. The van der Waals surface area contributed by atoms with Gasteiger partial charge in [-0.15, -0.1) is 0 Å². The third kappa shape index (κ3) is 6.67. The molecule has 0 saturated carbocycles. The Labute approximate surface area is 148 Å². The summed E-state index contributed by atoms with van der Waals surface area (Å²) < 4.78 is 28.6. The Morgan fingerprint density at radius 3 is 2.68 bits per heavy atom. The highest BCUT2D eigenvalue weighted by atomic mass is 32.2. The molecule has 1 amide bonds. The lowest BCUT2D eigenvalue weighted by Crippen LogP contribution is -2.38. The molecule has 0 atom stereocenters. The molecular weight excluding hydrogens is 340 g/mol. The van der Waals surface area contributed by atoms with Gasteiger partial charge in [0, 0.05) is 25.5 Å². The van der Waals surface area contributed by atoms with Crippen molar-refractivity contribution in [2.75, 3.05) is 13.1 Å². The maximum absolute atomic E-state index is 12.2. The molecule has 0 unspecified atom stereocenters. The Morgan fingerprint density at radius 2 is 2.00 bits per heavy atom. The van der Waals surface area contributed by atoms with E-state index >= 15 is 0 Å². The molecule has 0 radical (unpaired) electrons. The lowest BCUT2D eigenvalue weighted by atomic mass is 10.1. The molecule has 1 heterocycles. The first-order valence-corrected chi connectivity index (χ1v) is 9.92. The van der Waals surface area contributed by atoms with Crippen molar-refractivity contribution in [1.29, 1.82) is 0 Å². The van der Waals surface area contributed by atoms with Crippen molar-refractivity contribution in [3.05, 3.63) is 54.1 Å². The largest absolute Gasteiger partial charge is 0.355 e. The van der Waals surface area contributed by atoms with Crippen LogP contribution in [-0.2, 0) is 33.5 Å². The quantitative estimate of drug-likeness (QED) is 0.617. The van der Waals surface area contributed by atoms with Crippen molar-refractivity contribution in [3.8, 4) is 0 Å². The maximum atomic E-state index is 12.2. The lowest BCUT2D eigenvalue weighted by molar-refractivity contribution is -0.119. The topological polar surface area (TPSA) is 93.1 Å². The van der Waals surface area contributed by atoms with Gasteiger partial charge in [-0.1, -0.05) is 31.2 Å². The minimum Gasteiger partial charge on any atom is -0.355 e. The summed E-state index contributed by atoms with van der Waals surface area (Å²) in [5.74, 6) is -0.455. The molecule has 0 bridgehead atoms. The average molecular weight is 364 g/mol. The number of aryl methyl sites for hydroxylation is 2. The predicted octanol–water partition coefficient (Wildman–Crippen LogP) is 1.07. The zero-order valence-corrected chi connectivity index (χ0v) is 15.1. The van der Waals surface area contributed by atoms with E-state index in [0.717, 1.165) is 30.5 Å². The number of hydrogen-bond acceptors (Lipinski definition) is 4. The molecule has 25 heavy (non-hydrogen) atoms. The third-order valence-corrected chi connectivity index (χ3v) is 5.05. The minimum absolute atomic E-state index is 0.120. The standard InChI is InChI=1S/C17H24N4O3S/c1-2-15-6-3-4-7-16(15)13-25(23,24)20-12-17(22)19-8-5-10-21-11-9-18-14-21/h3-4,6-7,9,11,14,20H,2,5,8,10,12-13H2,1H3,(H,19,22). The molecule has 0 aliphatic carbocycles. The van der Waals surface area contributed by atoms with E-state index in [1.165, 1.54) is 0 Å². The Hall–Kier alpha value is -2.19. The molecule has 0 spiro atoms. The van der Waals surface area contributed by atoms with Gasteiger partial charge in [0.15, 0.2) is 0 Å². The third-order valence-electron chi connectivity index (χ3n) is 3.77. The molecule has 2 aromatic rings. The van der Waals surface area contributed by atoms with Crippen LogP contribution in [0.25, 0.3) is 0 Å². The van der Waals surface area contributed by atoms with Crippen LogP contribution < -0.4 is 10.0 Å². The Morgan fingerprint density at radius 1 is 1.24 bits per heavy atom. The van der Waals surface area contributed by atoms with Gasteiger partial charge < -0.3 is 9.88 Å². The van der Waals surface area contributed by atoms with E-state index in [2.05, 4.69) is 15.0 Å². The van der Waals surface area contributed by atoms with Gasteiger partial charge in [-0.25, -0.2) is 18.1 Å². The van der Waals surface area contributed by atoms with Gasteiger partial charge in [0.1, 0.15) is 0 Å². The number of hydrogen-bond donors (Lipinski definition) is 2. The van der Waals surface area contributed by atoms with Crippen LogP contribution in [0.1, 0.15) is 24.5 Å². The van der Waals surface area contributed by atoms with Crippen molar-refractivity contribution >= 4 is 15.9 Å². The molecular formula is C17H24N4O3S. The highest BCUT2D eigenvalue weighted by Gasteiger charge is 2.15. The summed E-state index contributed by atoms with van der Waals surface area (Å²) in [5.41, 5.74) is 1.76. The summed E-state index contributed by atoms with van der Waals surface area (Å²) in [4.78, 5) is 15.7. The fourth-order valence-electron chi connectivity index (χ4n) is 2.45. The number of nitrogens with zero attached hydrogens (tertiary/aromatic N) is 2. The highest BCUT2D eigenvalue weighted by molar-refractivity contribution is 7.88. The number of nitrogens with one attached hydrogen (secondary N) is 2. The van der Waals surface area contributed by atoms with E-state index < -0.39 is 10.0 Å². The average Bonchev–Trinajstić information content (AvgIpc) is 3.11. The van der Waals surface area contributed by atoms with Gasteiger partial charge in [-0.05, 0) is 24.0 Å². The van der Waals surface area contributed by atoms with Crippen LogP contribution in [0.15, 0.2) is 43.0 Å². The molecule has 7 nitrogen and oxygen atoms in total. The van der Waals surface area contributed by atoms with E-state index in [9.17, 15) is 13.2 Å². The van der Waals surface area contributed by atoms with Gasteiger partial charge in [0.05, 0.1) is 18.6 Å². The number of carbonyl (C=O) groups excluding carboxylic acids is 1. The molecule has 1 aromatic heterocycles. The van der Waals surface area contributed by atoms with E-state index in [1.807, 2.05) is 35.9 Å². The van der Waals surface area contributed by atoms with E-state index in [1.54, 1.807) is 18.6 Å². The normalized spacial score (nSPS) is 11.4. The fraction of sp³-hybridized carbons (Fsp3) is 0.412. The summed E-state index contributed by atoms with van der Waals surface area (Å²) in [6.07, 6.45) is 6.78. The molecule has 0 aliphatic heterocycles. The van der Waals surface area contributed by atoms with E-state index in [4.69, 9.17) is 0 Å². The first-order chi connectivity index (χ1) is 12.0. The van der Waals surface area contributed by atoms with Crippen molar-refractivity contribution in [3.63, 3.8) is 0 Å². The fourth-order valence-corrected chi connectivity index (χ4v) is 3.59. The zero-order chi connectivity index (χ0) is 18.1. The molecule has 8 heteroatoms. The summed E-state index contributed by atoms with van der Waals surface area (Å²) in [6.45, 7) is 2.97. The Kier molecular flexibility index (Phi) is 7.15. The van der Waals surface area contributed by atoms with Crippen LogP contribution in [0, 0.1) is 0 Å². The van der Waals surface area contributed by atoms with Crippen molar-refractivity contribution < 1.29 is 13.2 Å². The number of benzene rings is 1. The van der Waals surface area contributed by atoms with E-state index in [0.29, 0.717) is 6.54 Å². The number of imidazole rings is 1. The number of aromatic nitrogens is 2. The summed E-state index contributed by atoms with van der Waals surface area (Å²) in [6, 6.07) is 7.42. The van der Waals surface area contributed by atoms with Crippen LogP contribution in [0.2, 0.25) is 0 Å². The number of amides is 1. The lowest BCUT2D eigenvalue weighted by Gasteiger charge is -2.10. The summed E-state index contributed by atoms with van der Waals surface area (Å²) in [7, 11) is -3.55. The first kappa shape index (κ1) is 19.1. The number of carbonyl (C=O) groups is 1. The van der Waals surface area contributed by atoms with Gasteiger partial charge in [0.25, 0.3) is 0 Å². The second kappa shape index (κ2) is 9.33. The molecule has 2 N–H and O–H groups in total. The number of sulfonamides is 1. The summed E-state index contributed by atoms with van der Waals surface area (Å²) >= 11 is 0. The Balaban J connectivity index is 1.72. The Bertz CT molecular complexity index is 773. The molecule has 0 aliphatic rings. The van der Waals surface area contributed by atoms with Crippen LogP contribution in [-0.4, -0.2) is 37.0 Å². The smallest absolute Gasteiger partial charge is 0.235 e. The van der Waals surface area contributed by atoms with Crippen LogP contribution >= 0.6 is 0 Å². The van der Waals surface area contributed by atoms with Gasteiger partial charge in [-0.3, -0.25) is 4.79 Å². The van der Waals surface area contributed by atoms with Crippen LogP contribution in [0.5, 0.6) is 0 Å². The van der Waals surface area contributed by atoms with E-state index in [-0.39, 0.29) is 18.2 Å². The second-order valence-electron chi connectivity index (χ2n) is 5.71. The minimum atomic E-state index is -3.55. The van der Waals surface area contributed by atoms with Gasteiger partial charge >= 0.3 is 0 Å². The van der Waals surface area contributed by atoms with Gasteiger partial charge in [0.2, 0.25) is 15.9 Å². The molecule has 136 valence electrons. The number of rotatable bonds is 10. The second-order valence-corrected chi connectivity index (χ2v) is 7.51. The molecule has 0 saturated heterocycles.